The predicted octanol–water partition coefficient (Wildman–Crippen LogP) is 3.48. The van der Waals surface area contributed by atoms with Gasteiger partial charge in [0.2, 0.25) is 0 Å². The molecule has 1 aromatic heterocycles. The fourth-order valence-electron chi connectivity index (χ4n) is 5.40. The molecule has 174 valence electrons. The number of aromatic nitrogens is 1. The number of benzene rings is 1. The van der Waals surface area contributed by atoms with Gasteiger partial charge in [-0.05, 0) is 67.7 Å². The van der Waals surface area contributed by atoms with E-state index in [-0.39, 0.29) is 5.91 Å². The molecule has 1 unspecified atom stereocenters. The fraction of sp³-hybridized carbons (Fsp3) is 0.600. The number of hydrogen-bond acceptors (Lipinski definition) is 4. The molecule has 1 atom stereocenters. The van der Waals surface area contributed by atoms with Crippen molar-refractivity contribution in [3.8, 4) is 0 Å². The summed E-state index contributed by atoms with van der Waals surface area (Å²) in [5.74, 6) is 1.42. The van der Waals surface area contributed by atoms with E-state index in [1.165, 1.54) is 53.4 Å². The van der Waals surface area contributed by atoms with Crippen molar-refractivity contribution in [3.05, 3.63) is 35.0 Å². The smallest absolute Gasteiger partial charge is 0.409 e. The third kappa shape index (κ3) is 4.35. The Bertz CT molecular complexity index is 993. The van der Waals surface area contributed by atoms with E-state index in [9.17, 15) is 9.59 Å². The van der Waals surface area contributed by atoms with E-state index in [2.05, 4.69) is 23.7 Å². The number of fused-ring (bicyclic) bond motifs is 3. The van der Waals surface area contributed by atoms with Crippen LogP contribution in [0.15, 0.2) is 18.2 Å². The highest BCUT2D eigenvalue weighted by Crippen LogP contribution is 2.39. The van der Waals surface area contributed by atoms with Gasteiger partial charge in [0.25, 0.3) is 5.91 Å². The van der Waals surface area contributed by atoms with Gasteiger partial charge in [0, 0.05) is 69.6 Å². The summed E-state index contributed by atoms with van der Waals surface area (Å²) in [4.78, 5) is 27.8. The second-order valence-electron chi connectivity index (χ2n) is 9.29. The molecule has 7 nitrogen and oxygen atoms in total. The van der Waals surface area contributed by atoms with Crippen molar-refractivity contribution in [2.24, 2.45) is 18.9 Å². The molecule has 2 aromatic rings. The number of amides is 2. The molecule has 2 aliphatic rings. The topological polar surface area (TPSA) is 64.0 Å². The SMILES string of the molecule is COC(=O)N(C)CCN(C)C(=O)c1ccc2c(c1)c1c(n2C)CCC(C2CCOCC2)C1. The quantitative estimate of drug-likeness (QED) is 0.713. The summed E-state index contributed by atoms with van der Waals surface area (Å²) >= 11 is 0. The highest BCUT2D eigenvalue weighted by atomic mass is 16.5. The van der Waals surface area contributed by atoms with Crippen molar-refractivity contribution in [1.29, 1.82) is 0 Å². The Morgan fingerprint density at radius 1 is 1.09 bits per heavy atom. The van der Waals surface area contributed by atoms with Crippen molar-refractivity contribution in [2.45, 2.75) is 32.1 Å². The largest absolute Gasteiger partial charge is 0.453 e. The Morgan fingerprint density at radius 2 is 1.81 bits per heavy atom. The molecule has 1 aliphatic carbocycles. The summed E-state index contributed by atoms with van der Waals surface area (Å²) in [5.41, 5.74) is 4.74. The summed E-state index contributed by atoms with van der Waals surface area (Å²) in [5, 5.41) is 1.21. The van der Waals surface area contributed by atoms with Crippen LogP contribution in [-0.4, -0.2) is 73.9 Å². The normalized spacial score (nSPS) is 18.9. The number of carbonyl (C=O) groups is 2. The Hall–Kier alpha value is -2.54. The van der Waals surface area contributed by atoms with Gasteiger partial charge in [-0.25, -0.2) is 4.79 Å². The summed E-state index contributed by atoms with van der Waals surface area (Å²) < 4.78 is 12.6. The number of rotatable bonds is 5. The van der Waals surface area contributed by atoms with Crippen LogP contribution in [-0.2, 0) is 29.4 Å². The first-order valence-corrected chi connectivity index (χ1v) is 11.6. The lowest BCUT2D eigenvalue weighted by atomic mass is 9.75. The van der Waals surface area contributed by atoms with Crippen LogP contribution in [0.25, 0.3) is 10.9 Å². The van der Waals surface area contributed by atoms with E-state index in [0.717, 1.165) is 32.0 Å². The molecule has 1 saturated heterocycles. The standard InChI is InChI=1S/C25H35N3O4/c1-26(11-12-27(2)25(30)31-4)24(29)19-6-8-23-21(16-19)20-15-18(5-7-22(20)28(23)3)17-9-13-32-14-10-17/h6,8,16-18H,5,7,9-15H2,1-4H3. The van der Waals surface area contributed by atoms with E-state index >= 15 is 0 Å². The van der Waals surface area contributed by atoms with Gasteiger partial charge in [-0.1, -0.05) is 0 Å². The number of hydrogen-bond donors (Lipinski definition) is 0. The molecule has 1 aromatic carbocycles. The maximum Gasteiger partial charge on any atom is 0.409 e. The Morgan fingerprint density at radius 3 is 2.53 bits per heavy atom. The maximum atomic E-state index is 13.1. The Kier molecular flexibility index (Phi) is 6.74. The molecular formula is C25H35N3O4. The summed E-state index contributed by atoms with van der Waals surface area (Å²) in [7, 11) is 6.95. The van der Waals surface area contributed by atoms with Crippen molar-refractivity contribution < 1.29 is 19.1 Å². The van der Waals surface area contributed by atoms with Gasteiger partial charge in [0.15, 0.2) is 0 Å². The molecular weight excluding hydrogens is 406 g/mol. The third-order valence-corrected chi connectivity index (χ3v) is 7.44. The minimum absolute atomic E-state index is 0.0282. The van der Waals surface area contributed by atoms with Crippen LogP contribution in [0.4, 0.5) is 4.79 Å². The lowest BCUT2D eigenvalue weighted by Gasteiger charge is -2.33. The molecule has 0 radical (unpaired) electrons. The van der Waals surface area contributed by atoms with Crippen LogP contribution in [0.1, 0.15) is 40.9 Å². The van der Waals surface area contributed by atoms with Gasteiger partial charge in [-0.2, -0.15) is 0 Å². The zero-order chi connectivity index (χ0) is 22.8. The predicted molar refractivity (Wildman–Crippen MR) is 124 cm³/mol. The van der Waals surface area contributed by atoms with Crippen LogP contribution < -0.4 is 0 Å². The van der Waals surface area contributed by atoms with E-state index in [1.54, 1.807) is 19.0 Å². The van der Waals surface area contributed by atoms with Gasteiger partial charge in [-0.15, -0.1) is 0 Å². The van der Waals surface area contributed by atoms with Crippen LogP contribution >= 0.6 is 0 Å². The number of aryl methyl sites for hydroxylation is 1. The number of carbonyl (C=O) groups excluding carboxylic acids is 2. The first-order valence-electron chi connectivity index (χ1n) is 11.6. The van der Waals surface area contributed by atoms with E-state index in [1.807, 2.05) is 6.07 Å². The highest BCUT2D eigenvalue weighted by Gasteiger charge is 2.31. The zero-order valence-electron chi connectivity index (χ0n) is 19.7. The second kappa shape index (κ2) is 9.53. The Balaban J connectivity index is 1.53. The second-order valence-corrected chi connectivity index (χ2v) is 9.29. The van der Waals surface area contributed by atoms with Crippen molar-refractivity contribution in [3.63, 3.8) is 0 Å². The van der Waals surface area contributed by atoms with E-state index in [0.29, 0.717) is 24.6 Å². The van der Waals surface area contributed by atoms with Crippen molar-refractivity contribution in [1.82, 2.24) is 14.4 Å². The van der Waals surface area contributed by atoms with Gasteiger partial charge >= 0.3 is 6.09 Å². The molecule has 4 rings (SSSR count). The molecule has 0 saturated carbocycles. The number of likely N-dealkylation sites (N-methyl/N-ethyl adjacent to an activating group) is 2. The number of ether oxygens (including phenoxy) is 2. The van der Waals surface area contributed by atoms with Crippen LogP contribution in [0, 0.1) is 11.8 Å². The Labute approximate surface area is 190 Å². The zero-order valence-corrected chi connectivity index (χ0v) is 19.7. The monoisotopic (exact) mass is 441 g/mol. The maximum absolute atomic E-state index is 13.1. The molecule has 7 heteroatoms. The van der Waals surface area contributed by atoms with E-state index in [4.69, 9.17) is 9.47 Å². The van der Waals surface area contributed by atoms with Gasteiger partial charge in [0.05, 0.1) is 7.11 Å². The molecule has 2 heterocycles. The highest BCUT2D eigenvalue weighted by molar-refractivity contribution is 5.99. The average Bonchev–Trinajstić information content (AvgIpc) is 3.12. The molecule has 2 amide bonds. The minimum Gasteiger partial charge on any atom is -0.453 e. The average molecular weight is 442 g/mol. The van der Waals surface area contributed by atoms with Gasteiger partial charge in [0.1, 0.15) is 0 Å². The number of nitrogens with zero attached hydrogens (tertiary/aromatic N) is 3. The molecule has 32 heavy (non-hydrogen) atoms. The first-order chi connectivity index (χ1) is 15.4. The van der Waals surface area contributed by atoms with E-state index < -0.39 is 6.09 Å². The van der Waals surface area contributed by atoms with Crippen LogP contribution in [0.3, 0.4) is 0 Å². The lowest BCUT2D eigenvalue weighted by molar-refractivity contribution is 0.0439. The summed E-state index contributed by atoms with van der Waals surface area (Å²) in [6.45, 7) is 2.64. The first kappa shape index (κ1) is 22.6. The molecule has 0 N–H and O–H groups in total. The fourth-order valence-corrected chi connectivity index (χ4v) is 5.40. The van der Waals surface area contributed by atoms with Crippen LogP contribution in [0.5, 0.6) is 0 Å². The van der Waals surface area contributed by atoms with Crippen molar-refractivity contribution >= 4 is 22.9 Å². The minimum atomic E-state index is -0.401. The van der Waals surface area contributed by atoms with Crippen molar-refractivity contribution in [2.75, 3.05) is 47.5 Å². The molecule has 0 bridgehead atoms. The lowest BCUT2D eigenvalue weighted by Crippen LogP contribution is -2.37. The van der Waals surface area contributed by atoms with Gasteiger partial charge < -0.3 is 23.8 Å². The summed E-state index contributed by atoms with van der Waals surface area (Å²) in [6.07, 6.45) is 5.37. The third-order valence-electron chi connectivity index (χ3n) is 7.44. The molecule has 1 aliphatic heterocycles. The van der Waals surface area contributed by atoms with Crippen LogP contribution in [0.2, 0.25) is 0 Å². The number of methoxy groups -OCH3 is 1. The summed E-state index contributed by atoms with van der Waals surface area (Å²) in [6, 6.07) is 6.08. The van der Waals surface area contributed by atoms with Gasteiger partial charge in [-0.3, -0.25) is 4.79 Å². The molecule has 1 fully saturated rings. The molecule has 0 spiro atoms.